The number of aryl methyl sites for hydroxylation is 1. The van der Waals surface area contributed by atoms with Crippen molar-refractivity contribution in [2.24, 2.45) is 0 Å². The standard InChI is InChI=1S/C16H9Cl2F3N4O.C8H4BrClF3N3.C8H5ClF3N3.2C8H8ClNO2.C8H6ClNO.C4H4BrF3O.C4H4ClN3.Ba/c17-9-1-2-10-8(5-9)6-14(26)24(10)7-11-15(16(19,20)21)22-13-4-3-12(18)23-25(11)13;9-3-4-7(8(11,12)13)14-6-2-1-5(10)15-16(4)6;1-4-7(8(10,11)12)13-6-3-2-5(9)14-15(4)6;2*9-6-1-2-7(10)5(3-6)4-8(11)12;9-6-1-2-7-5(3-6)4-8(11)10-7;1-2(5)3(9)4(6,7)8;5-3-1-2-4(6)8-7-3;/h1-5H,6-7H2;1-2H,3H2;2-3H,1H3;2*1-3H,4,10H2,(H,11,12);1-3H,4H2,(H,10,11);2H,1H3;1-2H,(H2,6,8);/q;;;;;;;;+2/p-2. The summed E-state index contributed by atoms with van der Waals surface area (Å²) >= 11 is 50.8. The minimum Gasteiger partial charge on any atom is -0.550 e. The Morgan fingerprint density at radius 3 is 1.36 bits per heavy atom. The predicted octanol–water partition coefficient (Wildman–Crippen LogP) is 14.6. The second-order valence-electron chi connectivity index (χ2n) is 21.8. The number of hydrogen-bond acceptors (Lipinski definition) is 18. The zero-order valence-electron chi connectivity index (χ0n) is 55.3. The average Bonchev–Trinajstić information content (AvgIpc) is 1.62. The molecule has 0 radical (unpaired) electrons. The number of rotatable bonds is 8. The van der Waals surface area contributed by atoms with Gasteiger partial charge in [0.2, 0.25) is 17.6 Å². The van der Waals surface area contributed by atoms with Gasteiger partial charge in [0.15, 0.2) is 39.2 Å². The van der Waals surface area contributed by atoms with Crippen molar-refractivity contribution in [3.8, 4) is 0 Å². The number of carbonyl (C=O) groups is 5. The van der Waals surface area contributed by atoms with Gasteiger partial charge in [0.05, 0.1) is 41.3 Å². The topological polar surface area (TPSA) is 341 Å². The van der Waals surface area contributed by atoms with Crippen LogP contribution in [0, 0.1) is 6.92 Å². The second kappa shape index (κ2) is 40.5. The van der Waals surface area contributed by atoms with Crippen LogP contribution in [0.15, 0.2) is 121 Å². The molecular formula is C64H46BaBr2Cl8F12N16O7. The number of benzene rings is 4. The number of nitrogens with one attached hydrogen (secondary N) is 1. The smallest absolute Gasteiger partial charge is 0.550 e. The summed E-state index contributed by atoms with van der Waals surface area (Å²) in [6.45, 7) is 2.10. The number of nitrogen functional groups attached to an aromatic ring is 3. The molecule has 11 aromatic rings. The number of ketones is 1. The van der Waals surface area contributed by atoms with Crippen molar-refractivity contribution in [3.63, 3.8) is 0 Å². The maximum absolute atomic E-state index is 13.4. The number of amides is 2. The van der Waals surface area contributed by atoms with E-state index in [1.54, 1.807) is 60.7 Å². The van der Waals surface area contributed by atoms with Gasteiger partial charge < -0.3 is 47.2 Å². The number of hydrogen-bond donors (Lipinski definition) is 4. The number of anilines is 5. The van der Waals surface area contributed by atoms with Crippen molar-refractivity contribution in [2.75, 3.05) is 27.4 Å². The number of aromatic nitrogens is 11. The van der Waals surface area contributed by atoms with Gasteiger partial charge >= 0.3 is 73.6 Å². The van der Waals surface area contributed by atoms with E-state index in [0.29, 0.717) is 71.2 Å². The number of carbonyl (C=O) groups excluding carboxylic acids is 5. The molecule has 7 N–H and O–H groups in total. The average molecular weight is 1960 g/mol. The number of carboxylic acids is 2. The molecule has 1 atom stereocenters. The van der Waals surface area contributed by atoms with Crippen LogP contribution in [-0.2, 0) is 80.1 Å². The van der Waals surface area contributed by atoms with Crippen molar-refractivity contribution in [1.29, 1.82) is 0 Å². The number of aliphatic carboxylic acids is 2. The molecule has 9 heterocycles. The Hall–Kier alpha value is -7.22. The largest absolute Gasteiger partial charge is 2.00 e. The van der Waals surface area contributed by atoms with Crippen molar-refractivity contribution < 1.29 is 86.9 Å². The minimum absolute atomic E-state index is 0. The summed E-state index contributed by atoms with van der Waals surface area (Å²) in [5.74, 6) is -3.97. The van der Waals surface area contributed by atoms with Crippen LogP contribution in [0.2, 0.25) is 40.7 Å². The van der Waals surface area contributed by atoms with Gasteiger partial charge in [0.1, 0.15) is 21.3 Å². The molecular weight excluding hydrogens is 1910 g/mol. The molecule has 13 rings (SSSR count). The van der Waals surface area contributed by atoms with Crippen LogP contribution >= 0.6 is 125 Å². The molecule has 23 nitrogen and oxygen atoms in total. The SMILES string of the molecule is CC(Br)C(=O)C(F)(F)F.Cc1c(C(F)(F)F)nc2ccc(Cl)nn12.FC(F)(F)c1nc2ccc(Cl)nn2c1CBr.Nc1ccc(Cl)cc1CC(=O)[O-].Nc1ccc(Cl)cc1CC(=O)[O-].Nc1ccc(Cl)nn1.O=C1Cc2cc(Cl)ccc2N1.O=C1Cc2cc(Cl)ccc2N1Cc1c(C(F)(F)F)nc2ccc(Cl)nn12.[Ba+2]. The summed E-state index contributed by atoms with van der Waals surface area (Å²) in [6.07, 6.45) is -18.2. The molecule has 7 aromatic heterocycles. The van der Waals surface area contributed by atoms with Crippen molar-refractivity contribution in [2.45, 2.75) is 80.9 Å². The zero-order chi connectivity index (χ0) is 81.5. The Morgan fingerprint density at radius 2 is 0.945 bits per heavy atom. The first-order chi connectivity index (χ1) is 50.6. The maximum atomic E-state index is 13.4. The van der Waals surface area contributed by atoms with E-state index in [1.807, 2.05) is 12.1 Å². The first kappa shape index (κ1) is 93.4. The molecule has 0 aliphatic carbocycles. The van der Waals surface area contributed by atoms with Crippen molar-refractivity contribution >= 4 is 249 Å². The number of Topliss-reactive ketones (excluding diaryl/α,β-unsaturated/α-hetero) is 1. The Bertz CT molecular complexity index is 5060. The Labute approximate surface area is 709 Å². The summed E-state index contributed by atoms with van der Waals surface area (Å²) in [5.41, 5.74) is 17.9. The van der Waals surface area contributed by atoms with Gasteiger partial charge in [-0.3, -0.25) is 14.4 Å². The number of imidazole rings is 3. The minimum atomic E-state index is -4.71. The molecule has 1 unspecified atom stereocenters. The van der Waals surface area contributed by atoms with E-state index < -0.39 is 64.3 Å². The van der Waals surface area contributed by atoms with E-state index in [4.69, 9.17) is 110 Å². The Balaban J connectivity index is 0.000000231. The summed E-state index contributed by atoms with van der Waals surface area (Å²) in [5, 5.41) is 44.2. The first-order valence-electron chi connectivity index (χ1n) is 29.7. The van der Waals surface area contributed by atoms with E-state index in [2.05, 4.69) is 77.6 Å². The van der Waals surface area contributed by atoms with Gasteiger partial charge in [-0.15, -0.1) is 10.2 Å². The Kier molecular flexibility index (Phi) is 34.4. The third kappa shape index (κ3) is 27.3. The molecule has 2 amide bonds. The summed E-state index contributed by atoms with van der Waals surface area (Å²) in [4.78, 5) is 64.3. The fraction of sp³-hybridized carbons (Fsp3) is 0.203. The normalized spacial score (nSPS) is 12.3. The second-order valence-corrected chi connectivity index (χ2v) is 27.0. The van der Waals surface area contributed by atoms with Crippen LogP contribution in [0.1, 0.15) is 63.3 Å². The predicted molar refractivity (Wildman–Crippen MR) is 392 cm³/mol. The van der Waals surface area contributed by atoms with Crippen LogP contribution in [-0.4, -0.2) is 143 Å². The molecule has 0 spiro atoms. The first-order valence-corrected chi connectivity index (χ1v) is 34.7. The Morgan fingerprint density at radius 1 is 0.536 bits per heavy atom. The molecule has 2 aliphatic heterocycles. The molecule has 580 valence electrons. The number of fused-ring (bicyclic) bond motifs is 5. The van der Waals surface area contributed by atoms with Crippen LogP contribution in [0.5, 0.6) is 0 Å². The van der Waals surface area contributed by atoms with E-state index in [9.17, 15) is 86.9 Å². The zero-order valence-corrected chi connectivity index (χ0v) is 69.0. The van der Waals surface area contributed by atoms with Crippen LogP contribution < -0.4 is 37.6 Å². The third-order valence-electron chi connectivity index (χ3n) is 13.8. The van der Waals surface area contributed by atoms with Crippen molar-refractivity contribution in [1.82, 2.24) is 54.0 Å². The van der Waals surface area contributed by atoms with Crippen molar-refractivity contribution in [3.05, 3.63) is 218 Å². The summed E-state index contributed by atoms with van der Waals surface area (Å²) in [7, 11) is 0. The molecule has 4 aromatic carbocycles. The summed E-state index contributed by atoms with van der Waals surface area (Å²) in [6, 6.07) is 31.1. The molecule has 0 saturated carbocycles. The van der Waals surface area contributed by atoms with Crippen LogP contribution in [0.4, 0.5) is 81.3 Å². The number of carboxylic acid groups (broad SMARTS) is 2. The number of nitrogens with two attached hydrogens (primary N) is 3. The van der Waals surface area contributed by atoms with E-state index >= 15 is 0 Å². The van der Waals surface area contributed by atoms with Gasteiger partial charge in [-0.1, -0.05) is 125 Å². The molecule has 0 bridgehead atoms. The number of alkyl halides is 14. The van der Waals surface area contributed by atoms with Gasteiger partial charge in [0, 0.05) is 73.0 Å². The monoisotopic (exact) mass is 1950 g/mol. The fourth-order valence-electron chi connectivity index (χ4n) is 9.11. The van der Waals surface area contributed by atoms with Gasteiger partial charge in [-0.2, -0.15) is 68.0 Å². The maximum Gasteiger partial charge on any atom is 2.00 e. The van der Waals surface area contributed by atoms with Crippen LogP contribution in [0.3, 0.4) is 0 Å². The van der Waals surface area contributed by atoms with Gasteiger partial charge in [0.25, 0.3) is 0 Å². The number of halogens is 22. The number of nitrogens with zero attached hydrogens (tertiary/aromatic N) is 12. The molecule has 2 aliphatic rings. The fourth-order valence-corrected chi connectivity index (χ4v) is 11.2. The van der Waals surface area contributed by atoms with Gasteiger partial charge in [-0.25, -0.2) is 28.5 Å². The molecule has 0 saturated heterocycles. The van der Waals surface area contributed by atoms with E-state index in [1.165, 1.54) is 60.4 Å². The van der Waals surface area contributed by atoms with E-state index in [0.717, 1.165) is 31.7 Å². The van der Waals surface area contributed by atoms with Crippen LogP contribution in [0.25, 0.3) is 16.9 Å². The molecule has 110 heavy (non-hydrogen) atoms. The molecule has 0 fully saturated rings. The van der Waals surface area contributed by atoms with Gasteiger partial charge in [-0.05, 0) is 157 Å². The molecule has 46 heteroatoms. The van der Waals surface area contributed by atoms with E-state index in [-0.39, 0.29) is 141 Å². The quantitative estimate of drug-likeness (QED) is 0.0475. The summed E-state index contributed by atoms with van der Waals surface area (Å²) < 4.78 is 153. The third-order valence-corrected chi connectivity index (χ3v) is 16.5.